The Balaban J connectivity index is 1.65. The van der Waals surface area contributed by atoms with Gasteiger partial charge in [0, 0.05) is 18.4 Å². The summed E-state index contributed by atoms with van der Waals surface area (Å²) >= 11 is 1.44. The maximum atomic E-state index is 13.3. The van der Waals surface area contributed by atoms with Crippen molar-refractivity contribution in [2.24, 2.45) is 0 Å². The number of rotatable bonds is 4. The fourth-order valence-corrected chi connectivity index (χ4v) is 4.90. The molecule has 0 unspecified atom stereocenters. The second-order valence-corrected chi connectivity index (χ2v) is 7.89. The van der Waals surface area contributed by atoms with Crippen molar-refractivity contribution in [1.29, 1.82) is 5.26 Å². The van der Waals surface area contributed by atoms with Gasteiger partial charge >= 0.3 is 0 Å². The third-order valence-corrected chi connectivity index (χ3v) is 6.45. The van der Waals surface area contributed by atoms with Crippen LogP contribution in [-0.2, 0) is 4.79 Å². The van der Waals surface area contributed by atoms with Crippen molar-refractivity contribution < 1.29 is 18.7 Å². The number of nitriles is 1. The van der Waals surface area contributed by atoms with Crippen LogP contribution in [0.15, 0.2) is 53.1 Å². The summed E-state index contributed by atoms with van der Waals surface area (Å²) in [6.07, 6.45) is 0.173. The summed E-state index contributed by atoms with van der Waals surface area (Å²) in [7, 11) is 3.18. The van der Waals surface area contributed by atoms with E-state index >= 15 is 0 Å². The van der Waals surface area contributed by atoms with Gasteiger partial charge in [0.25, 0.3) is 0 Å². The van der Waals surface area contributed by atoms with E-state index in [1.807, 2.05) is 17.0 Å². The summed E-state index contributed by atoms with van der Waals surface area (Å²) < 4.78 is 24.1. The molecule has 0 radical (unpaired) electrons. The van der Waals surface area contributed by atoms with E-state index in [0.717, 1.165) is 11.3 Å². The largest absolute Gasteiger partial charge is 0.497 e. The molecule has 1 fully saturated rings. The Morgan fingerprint density at radius 1 is 1.17 bits per heavy atom. The smallest absolute Gasteiger partial charge is 0.229 e. The number of fused-ring (bicyclic) bond motifs is 1. The zero-order valence-electron chi connectivity index (χ0n) is 16.6. The Labute approximate surface area is 178 Å². The average Bonchev–Trinajstić information content (AvgIpc) is 2.79. The number of amides is 1. The van der Waals surface area contributed by atoms with Gasteiger partial charge in [0.05, 0.1) is 49.1 Å². The lowest BCUT2D eigenvalue weighted by Gasteiger charge is -2.42. The normalized spacial score (nSPS) is 18.7. The third kappa shape index (κ3) is 3.57. The number of carbonyl (C=O) groups excluding carboxylic acids is 1. The lowest BCUT2D eigenvalue weighted by Crippen LogP contribution is -2.47. The van der Waals surface area contributed by atoms with Crippen molar-refractivity contribution in [2.75, 3.05) is 31.7 Å². The van der Waals surface area contributed by atoms with Crippen molar-refractivity contribution in [2.45, 2.75) is 12.3 Å². The summed E-state index contributed by atoms with van der Waals surface area (Å²) in [5.41, 5.74) is 2.16. The van der Waals surface area contributed by atoms with Crippen LogP contribution >= 0.6 is 11.8 Å². The van der Waals surface area contributed by atoms with Gasteiger partial charge < -0.3 is 14.4 Å². The van der Waals surface area contributed by atoms with E-state index in [1.54, 1.807) is 37.3 Å². The summed E-state index contributed by atoms with van der Waals surface area (Å²) in [5.74, 6) is 1.13. The Morgan fingerprint density at radius 2 is 1.93 bits per heavy atom. The number of methoxy groups -OCH3 is 2. The van der Waals surface area contributed by atoms with Crippen LogP contribution in [0, 0.1) is 17.1 Å². The topological polar surface area (TPSA) is 65.8 Å². The molecule has 154 valence electrons. The maximum Gasteiger partial charge on any atom is 0.229 e. The number of hydrogen-bond acceptors (Lipinski definition) is 6. The van der Waals surface area contributed by atoms with Crippen LogP contribution in [0.5, 0.6) is 11.5 Å². The first-order valence-electron chi connectivity index (χ1n) is 9.35. The van der Waals surface area contributed by atoms with Gasteiger partial charge in [0.2, 0.25) is 5.91 Å². The highest BCUT2D eigenvalue weighted by Gasteiger charge is 2.38. The van der Waals surface area contributed by atoms with Gasteiger partial charge in [-0.3, -0.25) is 9.69 Å². The molecule has 0 aromatic heterocycles. The van der Waals surface area contributed by atoms with Crippen LogP contribution < -0.4 is 14.4 Å². The number of thioether (sulfide) groups is 1. The highest BCUT2D eigenvalue weighted by atomic mass is 32.2. The molecule has 2 aliphatic rings. The monoisotopic (exact) mass is 425 g/mol. The molecule has 1 atom stereocenters. The molecule has 1 amide bonds. The molecule has 6 nitrogen and oxygen atoms in total. The third-order valence-electron chi connectivity index (χ3n) is 5.29. The zero-order chi connectivity index (χ0) is 21.3. The second kappa shape index (κ2) is 8.28. The lowest BCUT2D eigenvalue weighted by molar-refractivity contribution is -0.129. The van der Waals surface area contributed by atoms with E-state index in [1.165, 1.54) is 23.9 Å². The molecule has 2 aliphatic heterocycles. The van der Waals surface area contributed by atoms with Crippen LogP contribution in [0.25, 0.3) is 0 Å². The number of anilines is 1. The second-order valence-electron chi connectivity index (χ2n) is 6.95. The minimum absolute atomic E-state index is 0.0667. The first kappa shape index (κ1) is 20.1. The first-order chi connectivity index (χ1) is 14.5. The first-order valence-corrected chi connectivity index (χ1v) is 10.3. The van der Waals surface area contributed by atoms with E-state index in [9.17, 15) is 14.4 Å². The fraction of sp³-hybridized carbons (Fsp3) is 0.273. The fourth-order valence-electron chi connectivity index (χ4n) is 3.74. The van der Waals surface area contributed by atoms with E-state index in [4.69, 9.17) is 9.47 Å². The molecule has 2 aromatic carbocycles. The summed E-state index contributed by atoms with van der Waals surface area (Å²) in [5, 5.41) is 10.5. The van der Waals surface area contributed by atoms with Crippen molar-refractivity contribution in [1.82, 2.24) is 4.90 Å². The molecular formula is C22H20FN3O3S. The molecular weight excluding hydrogens is 405 g/mol. The van der Waals surface area contributed by atoms with E-state index in [0.29, 0.717) is 34.6 Å². The van der Waals surface area contributed by atoms with E-state index in [-0.39, 0.29) is 24.1 Å². The van der Waals surface area contributed by atoms with Crippen molar-refractivity contribution in [3.05, 3.63) is 64.4 Å². The maximum absolute atomic E-state index is 13.3. The van der Waals surface area contributed by atoms with Gasteiger partial charge in [0.1, 0.15) is 17.3 Å². The Kier molecular flexibility index (Phi) is 5.55. The van der Waals surface area contributed by atoms with Crippen molar-refractivity contribution >= 4 is 23.4 Å². The average molecular weight is 425 g/mol. The summed E-state index contributed by atoms with van der Waals surface area (Å²) in [6.45, 7) is 0.325. The van der Waals surface area contributed by atoms with Gasteiger partial charge in [-0.15, -0.1) is 0 Å². The molecule has 0 spiro atoms. The summed E-state index contributed by atoms with van der Waals surface area (Å²) in [4.78, 5) is 16.7. The Morgan fingerprint density at radius 3 is 2.60 bits per heavy atom. The van der Waals surface area contributed by atoms with Crippen LogP contribution in [-0.4, -0.2) is 37.6 Å². The number of hydrogen-bond donors (Lipinski definition) is 0. The quantitative estimate of drug-likeness (QED) is 0.736. The van der Waals surface area contributed by atoms with Crippen LogP contribution in [0.4, 0.5) is 10.1 Å². The number of carbonyl (C=O) groups is 1. The predicted octanol–water partition coefficient (Wildman–Crippen LogP) is 4.06. The number of halogens is 1. The molecule has 0 bridgehead atoms. The van der Waals surface area contributed by atoms with E-state index in [2.05, 4.69) is 6.07 Å². The highest BCUT2D eigenvalue weighted by molar-refractivity contribution is 8.03. The SMILES string of the molecule is COc1ccc(N2CSC3=C(C#N)[C@@H](c4ccc(F)cc4)CC(=O)N3C2)c(OC)c1. The van der Waals surface area contributed by atoms with Crippen LogP contribution in [0.2, 0.25) is 0 Å². The Hall–Kier alpha value is -3.18. The van der Waals surface area contributed by atoms with Gasteiger partial charge in [-0.05, 0) is 29.8 Å². The molecule has 8 heteroatoms. The Bertz CT molecular complexity index is 1050. The van der Waals surface area contributed by atoms with Crippen LogP contribution in [0.1, 0.15) is 17.9 Å². The molecule has 1 saturated heterocycles. The molecule has 2 aromatic rings. The molecule has 2 heterocycles. The van der Waals surface area contributed by atoms with Crippen molar-refractivity contribution in [3.8, 4) is 17.6 Å². The highest BCUT2D eigenvalue weighted by Crippen LogP contribution is 2.44. The van der Waals surface area contributed by atoms with E-state index < -0.39 is 0 Å². The lowest BCUT2D eigenvalue weighted by atomic mass is 9.86. The number of benzene rings is 2. The standard InChI is InChI=1S/C22H20FN3O3S/c1-28-16-7-8-19(20(9-16)29-2)25-12-26-21(27)10-17(14-3-5-15(23)6-4-14)18(11-24)22(26)30-13-25/h3-9,17H,10,12-13H2,1-2H3/t17-/m1/s1. The zero-order valence-corrected chi connectivity index (χ0v) is 17.4. The molecule has 0 aliphatic carbocycles. The molecule has 0 saturated carbocycles. The number of nitrogens with zero attached hydrogens (tertiary/aromatic N) is 3. The van der Waals surface area contributed by atoms with Gasteiger partial charge in [-0.1, -0.05) is 23.9 Å². The molecule has 30 heavy (non-hydrogen) atoms. The van der Waals surface area contributed by atoms with Crippen LogP contribution in [0.3, 0.4) is 0 Å². The molecule has 4 rings (SSSR count). The van der Waals surface area contributed by atoms with Gasteiger partial charge in [-0.2, -0.15) is 5.26 Å². The molecule has 0 N–H and O–H groups in total. The van der Waals surface area contributed by atoms with Crippen molar-refractivity contribution in [3.63, 3.8) is 0 Å². The number of allylic oxidation sites excluding steroid dienone is 1. The minimum atomic E-state index is -0.357. The minimum Gasteiger partial charge on any atom is -0.497 e. The predicted molar refractivity (Wildman–Crippen MR) is 113 cm³/mol. The summed E-state index contributed by atoms with van der Waals surface area (Å²) in [6, 6.07) is 13.8. The van der Waals surface area contributed by atoms with Gasteiger partial charge in [-0.25, -0.2) is 4.39 Å². The van der Waals surface area contributed by atoms with Gasteiger partial charge in [0.15, 0.2) is 0 Å². The number of ether oxygens (including phenoxy) is 2.